The number of hydrogen-bond donors (Lipinski definition) is 2. The van der Waals surface area contributed by atoms with Crippen molar-refractivity contribution in [3.8, 4) is 17.6 Å². The number of carbonyl (C=O) groups excluding carboxylic acids is 1. The van der Waals surface area contributed by atoms with Gasteiger partial charge in [-0.15, -0.1) is 0 Å². The summed E-state index contributed by atoms with van der Waals surface area (Å²) in [4.78, 5) is 23.1. The maximum Gasteiger partial charge on any atom is 0.344 e. The quantitative estimate of drug-likeness (QED) is 0.576. The number of benzene rings is 2. The van der Waals surface area contributed by atoms with Crippen LogP contribution in [0.5, 0.6) is 11.5 Å². The van der Waals surface area contributed by atoms with Gasteiger partial charge in [0.25, 0.3) is 5.91 Å². The number of anilines is 1. The molecule has 138 valence electrons. The summed E-state index contributed by atoms with van der Waals surface area (Å²) in [7, 11) is 1.52. The van der Waals surface area contributed by atoms with Gasteiger partial charge in [-0.1, -0.05) is 18.2 Å². The first-order valence-corrected chi connectivity index (χ1v) is 7.99. The summed E-state index contributed by atoms with van der Waals surface area (Å²) in [5, 5.41) is 20.8. The van der Waals surface area contributed by atoms with E-state index in [-0.39, 0.29) is 5.57 Å². The van der Waals surface area contributed by atoms with Gasteiger partial charge in [0.15, 0.2) is 6.10 Å². The highest BCUT2D eigenvalue weighted by Crippen LogP contribution is 2.19. The molecule has 0 aromatic heterocycles. The monoisotopic (exact) mass is 366 g/mol. The van der Waals surface area contributed by atoms with E-state index in [1.165, 1.54) is 20.1 Å². The van der Waals surface area contributed by atoms with Crippen LogP contribution in [-0.4, -0.2) is 30.2 Å². The van der Waals surface area contributed by atoms with Crippen LogP contribution in [-0.2, 0) is 9.59 Å². The van der Waals surface area contributed by atoms with E-state index in [1.54, 1.807) is 48.5 Å². The molecule has 27 heavy (non-hydrogen) atoms. The number of nitriles is 1. The molecule has 2 N–H and O–H groups in total. The molecule has 2 aromatic rings. The second kappa shape index (κ2) is 9.06. The van der Waals surface area contributed by atoms with Crippen LogP contribution in [0.25, 0.3) is 6.08 Å². The topological polar surface area (TPSA) is 109 Å². The van der Waals surface area contributed by atoms with Gasteiger partial charge in [-0.2, -0.15) is 5.26 Å². The second-order valence-corrected chi connectivity index (χ2v) is 5.52. The van der Waals surface area contributed by atoms with Crippen molar-refractivity contribution in [1.82, 2.24) is 0 Å². The Labute approximate surface area is 156 Å². The highest BCUT2D eigenvalue weighted by atomic mass is 16.5. The molecule has 0 aliphatic carbocycles. The van der Waals surface area contributed by atoms with E-state index in [9.17, 15) is 14.9 Å². The molecule has 0 bridgehead atoms. The van der Waals surface area contributed by atoms with Crippen LogP contribution in [0.1, 0.15) is 12.5 Å². The van der Waals surface area contributed by atoms with Crippen LogP contribution in [0.2, 0.25) is 0 Å². The molecule has 7 heteroatoms. The van der Waals surface area contributed by atoms with Gasteiger partial charge in [0.05, 0.1) is 7.11 Å². The number of nitrogens with one attached hydrogen (secondary N) is 1. The summed E-state index contributed by atoms with van der Waals surface area (Å²) in [5.41, 5.74) is 1.03. The van der Waals surface area contributed by atoms with Crippen molar-refractivity contribution >= 4 is 23.6 Å². The minimum atomic E-state index is -1.07. The Hall–Kier alpha value is -3.79. The Morgan fingerprint density at radius 1 is 1.19 bits per heavy atom. The molecule has 1 atom stereocenters. The van der Waals surface area contributed by atoms with Gasteiger partial charge in [0.1, 0.15) is 23.1 Å². The lowest BCUT2D eigenvalue weighted by molar-refractivity contribution is -0.144. The molecule has 0 fully saturated rings. The molecule has 2 rings (SSSR count). The minimum absolute atomic E-state index is 0.0783. The third-order valence-electron chi connectivity index (χ3n) is 3.54. The Morgan fingerprint density at radius 3 is 2.48 bits per heavy atom. The largest absolute Gasteiger partial charge is 0.497 e. The molecule has 7 nitrogen and oxygen atoms in total. The van der Waals surface area contributed by atoms with Gasteiger partial charge in [-0.25, -0.2) is 4.79 Å². The Morgan fingerprint density at radius 2 is 1.89 bits per heavy atom. The summed E-state index contributed by atoms with van der Waals surface area (Å²) in [6, 6.07) is 15.1. The fourth-order valence-electron chi connectivity index (χ4n) is 2.11. The van der Waals surface area contributed by atoms with E-state index in [2.05, 4.69) is 5.32 Å². The Bertz CT molecular complexity index is 897. The van der Waals surface area contributed by atoms with Crippen molar-refractivity contribution in [3.63, 3.8) is 0 Å². The second-order valence-electron chi connectivity index (χ2n) is 5.52. The highest BCUT2D eigenvalue weighted by Gasteiger charge is 2.13. The maximum absolute atomic E-state index is 12.3. The predicted molar refractivity (Wildman–Crippen MR) is 99.4 cm³/mol. The number of carboxylic acid groups (broad SMARTS) is 1. The lowest BCUT2D eigenvalue weighted by atomic mass is 10.1. The molecule has 0 aliphatic rings. The van der Waals surface area contributed by atoms with Crippen LogP contribution in [0.3, 0.4) is 0 Å². The first kappa shape index (κ1) is 19.5. The summed E-state index contributed by atoms with van der Waals surface area (Å²) < 4.78 is 10.3. The van der Waals surface area contributed by atoms with Crippen LogP contribution in [0.15, 0.2) is 54.1 Å². The molecule has 0 spiro atoms. The van der Waals surface area contributed by atoms with Crippen molar-refractivity contribution in [2.45, 2.75) is 13.0 Å². The van der Waals surface area contributed by atoms with E-state index in [4.69, 9.17) is 14.6 Å². The molecular formula is C20H18N2O5. The van der Waals surface area contributed by atoms with Gasteiger partial charge < -0.3 is 19.9 Å². The van der Waals surface area contributed by atoms with E-state index in [0.717, 1.165) is 0 Å². The van der Waals surface area contributed by atoms with Crippen molar-refractivity contribution < 1.29 is 24.2 Å². The first-order chi connectivity index (χ1) is 12.9. The average molecular weight is 366 g/mol. The van der Waals surface area contributed by atoms with Crippen molar-refractivity contribution in [2.24, 2.45) is 0 Å². The number of carboxylic acids is 1. The normalized spacial score (nSPS) is 11.8. The molecule has 0 saturated carbocycles. The number of aliphatic carboxylic acids is 1. The SMILES string of the molecule is COc1cccc(NC(=O)/C(C#N)=C\c2ccc(O[C@@H](C)C(=O)O)cc2)c1. The number of amides is 1. The van der Waals surface area contributed by atoms with Gasteiger partial charge in [-0.3, -0.25) is 4.79 Å². The number of hydrogen-bond acceptors (Lipinski definition) is 5. The third kappa shape index (κ3) is 5.61. The zero-order valence-corrected chi connectivity index (χ0v) is 14.8. The standard InChI is InChI=1S/C20H18N2O5/c1-13(20(24)25)27-17-8-6-14(7-9-17)10-15(12-21)19(23)22-16-4-3-5-18(11-16)26-2/h3-11,13H,1-2H3,(H,22,23)(H,24,25)/b15-10-/t13-/m0/s1. The van der Waals surface area contributed by atoms with E-state index in [1.807, 2.05) is 6.07 Å². The number of nitrogens with zero attached hydrogens (tertiary/aromatic N) is 1. The zero-order chi connectivity index (χ0) is 19.8. The molecular weight excluding hydrogens is 348 g/mol. The van der Waals surface area contributed by atoms with Crippen molar-refractivity contribution in [1.29, 1.82) is 5.26 Å². The van der Waals surface area contributed by atoms with Crippen LogP contribution in [0, 0.1) is 11.3 Å². The van der Waals surface area contributed by atoms with Gasteiger partial charge in [0.2, 0.25) is 0 Å². The molecule has 0 heterocycles. The molecule has 0 radical (unpaired) electrons. The van der Waals surface area contributed by atoms with Crippen LogP contribution >= 0.6 is 0 Å². The number of rotatable bonds is 7. The number of methoxy groups -OCH3 is 1. The molecule has 2 aromatic carbocycles. The summed E-state index contributed by atoms with van der Waals surface area (Å²) in [6.45, 7) is 1.42. The Balaban J connectivity index is 2.11. The van der Waals surface area contributed by atoms with E-state index in [0.29, 0.717) is 22.7 Å². The molecule has 0 aliphatic heterocycles. The minimum Gasteiger partial charge on any atom is -0.497 e. The highest BCUT2D eigenvalue weighted by molar-refractivity contribution is 6.09. The zero-order valence-electron chi connectivity index (χ0n) is 14.8. The number of carbonyl (C=O) groups is 2. The predicted octanol–water partition coefficient (Wildman–Crippen LogP) is 3.09. The maximum atomic E-state index is 12.3. The molecule has 0 saturated heterocycles. The van der Waals surface area contributed by atoms with Crippen molar-refractivity contribution in [2.75, 3.05) is 12.4 Å². The summed E-state index contributed by atoms with van der Waals surface area (Å²) in [5.74, 6) is -0.659. The fourth-order valence-corrected chi connectivity index (χ4v) is 2.11. The fraction of sp³-hybridized carbons (Fsp3) is 0.150. The third-order valence-corrected chi connectivity index (χ3v) is 3.54. The Kier molecular flexibility index (Phi) is 6.55. The lowest BCUT2D eigenvalue weighted by Gasteiger charge is -2.10. The molecule has 1 amide bonds. The molecule has 0 unspecified atom stereocenters. The first-order valence-electron chi connectivity index (χ1n) is 7.99. The van der Waals surface area contributed by atoms with E-state index < -0.39 is 18.0 Å². The lowest BCUT2D eigenvalue weighted by Crippen LogP contribution is -2.22. The van der Waals surface area contributed by atoms with Gasteiger partial charge >= 0.3 is 5.97 Å². The average Bonchev–Trinajstić information content (AvgIpc) is 2.67. The summed E-state index contributed by atoms with van der Waals surface area (Å²) >= 11 is 0. The van der Waals surface area contributed by atoms with Crippen LogP contribution < -0.4 is 14.8 Å². The van der Waals surface area contributed by atoms with Gasteiger partial charge in [0, 0.05) is 11.8 Å². The van der Waals surface area contributed by atoms with E-state index >= 15 is 0 Å². The van der Waals surface area contributed by atoms with Crippen LogP contribution in [0.4, 0.5) is 5.69 Å². The van der Waals surface area contributed by atoms with Gasteiger partial charge in [-0.05, 0) is 42.8 Å². The van der Waals surface area contributed by atoms with Crippen molar-refractivity contribution in [3.05, 3.63) is 59.7 Å². The summed E-state index contributed by atoms with van der Waals surface area (Å²) in [6.07, 6.45) is 0.453. The number of ether oxygens (including phenoxy) is 2. The smallest absolute Gasteiger partial charge is 0.344 e.